The number of primary amides is 1. The van der Waals surface area contributed by atoms with Crippen molar-refractivity contribution in [1.82, 2.24) is 20.0 Å². The molecule has 0 aliphatic rings. The molecule has 0 fully saturated rings. The van der Waals surface area contributed by atoms with Gasteiger partial charge in [0.1, 0.15) is 12.3 Å². The molecule has 0 unspecified atom stereocenters. The zero-order chi connectivity index (χ0) is 19.9. The molecule has 3 N–H and O–H groups in total. The van der Waals surface area contributed by atoms with Crippen LogP contribution in [-0.2, 0) is 13.1 Å². The normalized spacial score (nSPS) is 11.0. The molecule has 154 valence electrons. The van der Waals surface area contributed by atoms with Crippen molar-refractivity contribution >= 4 is 35.8 Å². The van der Waals surface area contributed by atoms with E-state index in [2.05, 4.69) is 15.4 Å². The maximum absolute atomic E-state index is 11.1. The fourth-order valence-electron chi connectivity index (χ4n) is 2.73. The van der Waals surface area contributed by atoms with Gasteiger partial charge < -0.3 is 20.4 Å². The monoisotopic (exact) mass is 508 g/mol. The minimum atomic E-state index is -0.588. The van der Waals surface area contributed by atoms with Gasteiger partial charge in [0.25, 0.3) is 5.91 Å². The number of aromatic nitrogens is 2. The van der Waals surface area contributed by atoms with Gasteiger partial charge in [-0.2, -0.15) is 5.10 Å². The second kappa shape index (κ2) is 10.6. The molecular formula is C20H25IN6O2. The number of hydrogen-bond donors (Lipinski definition) is 2. The molecule has 8 nitrogen and oxygen atoms in total. The second-order valence-electron chi connectivity index (χ2n) is 6.29. The molecule has 0 atom stereocenters. The van der Waals surface area contributed by atoms with Gasteiger partial charge in [0, 0.05) is 31.9 Å². The number of hydrogen-bond acceptors (Lipinski definition) is 4. The summed E-state index contributed by atoms with van der Waals surface area (Å²) in [6.07, 6.45) is 3.85. The van der Waals surface area contributed by atoms with E-state index in [1.54, 1.807) is 12.1 Å². The van der Waals surface area contributed by atoms with Crippen LogP contribution in [0.25, 0.3) is 5.69 Å². The van der Waals surface area contributed by atoms with Crippen LogP contribution in [0.3, 0.4) is 0 Å². The Morgan fingerprint density at radius 1 is 1.28 bits per heavy atom. The Balaban J connectivity index is 0.00000300. The molecule has 2 heterocycles. The lowest BCUT2D eigenvalue weighted by molar-refractivity contribution is 0.0972. The number of guanidine groups is 1. The van der Waals surface area contributed by atoms with Gasteiger partial charge in [-0.05, 0) is 31.2 Å². The summed E-state index contributed by atoms with van der Waals surface area (Å²) in [6.45, 7) is 3.69. The first kappa shape index (κ1) is 22.5. The molecule has 0 saturated heterocycles. The van der Waals surface area contributed by atoms with Gasteiger partial charge in [0.2, 0.25) is 0 Å². The third-order valence-electron chi connectivity index (χ3n) is 4.06. The van der Waals surface area contributed by atoms with Crippen molar-refractivity contribution in [3.8, 4) is 5.69 Å². The molecule has 0 radical (unpaired) electrons. The molecule has 1 aromatic carbocycles. The minimum Gasteiger partial charge on any atom is -0.454 e. The zero-order valence-electron chi connectivity index (χ0n) is 16.4. The number of para-hydroxylation sites is 1. The van der Waals surface area contributed by atoms with Crippen molar-refractivity contribution in [3.05, 3.63) is 71.9 Å². The SMILES string of the molecule is CCNC(=NCc1ccc(C(N)=O)o1)N(C)Cc1cnn(-c2ccccc2)c1.I. The van der Waals surface area contributed by atoms with Crippen LogP contribution in [0.5, 0.6) is 0 Å². The van der Waals surface area contributed by atoms with E-state index in [0.29, 0.717) is 18.8 Å². The first-order valence-electron chi connectivity index (χ1n) is 9.03. The van der Waals surface area contributed by atoms with Crippen molar-refractivity contribution in [2.75, 3.05) is 13.6 Å². The van der Waals surface area contributed by atoms with E-state index in [-0.39, 0.29) is 29.7 Å². The molecule has 3 aromatic rings. The number of halogens is 1. The van der Waals surface area contributed by atoms with E-state index in [0.717, 1.165) is 23.8 Å². The highest BCUT2D eigenvalue weighted by molar-refractivity contribution is 14.0. The fourth-order valence-corrected chi connectivity index (χ4v) is 2.73. The average molecular weight is 508 g/mol. The van der Waals surface area contributed by atoms with Crippen LogP contribution in [0.15, 0.2) is 64.3 Å². The number of carbonyl (C=O) groups is 1. The summed E-state index contributed by atoms with van der Waals surface area (Å²) in [6, 6.07) is 13.2. The molecule has 1 amide bonds. The highest BCUT2D eigenvalue weighted by Gasteiger charge is 2.10. The highest BCUT2D eigenvalue weighted by atomic mass is 127. The Kier molecular flexibility index (Phi) is 8.25. The zero-order valence-corrected chi connectivity index (χ0v) is 18.7. The number of nitrogens with two attached hydrogens (primary N) is 1. The number of amides is 1. The van der Waals surface area contributed by atoms with Gasteiger partial charge in [-0.15, -0.1) is 24.0 Å². The fraction of sp³-hybridized carbons (Fsp3) is 0.250. The van der Waals surface area contributed by atoms with Crippen LogP contribution in [0.1, 0.15) is 28.8 Å². The van der Waals surface area contributed by atoms with Gasteiger partial charge in [0.05, 0.1) is 11.9 Å². The van der Waals surface area contributed by atoms with Gasteiger partial charge in [-0.25, -0.2) is 9.67 Å². The summed E-state index contributed by atoms with van der Waals surface area (Å²) in [4.78, 5) is 17.7. The van der Waals surface area contributed by atoms with Crippen LogP contribution in [0.4, 0.5) is 0 Å². The third kappa shape index (κ3) is 6.08. The molecule has 0 spiro atoms. The topological polar surface area (TPSA) is 102 Å². The van der Waals surface area contributed by atoms with E-state index >= 15 is 0 Å². The Bertz CT molecular complexity index is 951. The molecule has 29 heavy (non-hydrogen) atoms. The van der Waals surface area contributed by atoms with Gasteiger partial charge >= 0.3 is 0 Å². The van der Waals surface area contributed by atoms with Crippen molar-refractivity contribution in [3.63, 3.8) is 0 Å². The van der Waals surface area contributed by atoms with Gasteiger partial charge in [0.15, 0.2) is 11.7 Å². The molecule has 9 heteroatoms. The largest absolute Gasteiger partial charge is 0.454 e. The Labute approximate surface area is 186 Å². The molecule has 2 aromatic heterocycles. The standard InChI is InChI=1S/C20H24N6O2.HI/c1-3-22-20(23-12-17-9-10-18(28-17)19(21)27)25(2)13-15-11-24-26(14-15)16-7-5-4-6-8-16;/h4-11,14H,3,12-13H2,1-2H3,(H2,21,27)(H,22,23);1H. The minimum absolute atomic E-state index is 0. The molecule has 0 saturated carbocycles. The molecule has 0 bridgehead atoms. The van der Waals surface area contributed by atoms with E-state index in [1.807, 2.05) is 66.3 Å². The molecule has 3 rings (SSSR count). The van der Waals surface area contributed by atoms with Crippen molar-refractivity contribution < 1.29 is 9.21 Å². The summed E-state index contributed by atoms with van der Waals surface area (Å²) >= 11 is 0. The van der Waals surface area contributed by atoms with E-state index in [4.69, 9.17) is 10.2 Å². The number of nitrogens with zero attached hydrogens (tertiary/aromatic N) is 4. The second-order valence-corrected chi connectivity index (χ2v) is 6.29. The van der Waals surface area contributed by atoms with E-state index < -0.39 is 5.91 Å². The summed E-state index contributed by atoms with van der Waals surface area (Å²) in [5.74, 6) is 0.855. The Morgan fingerprint density at radius 2 is 2.03 bits per heavy atom. The number of rotatable bonds is 7. The van der Waals surface area contributed by atoms with Crippen molar-refractivity contribution in [2.24, 2.45) is 10.7 Å². The van der Waals surface area contributed by atoms with Crippen molar-refractivity contribution in [1.29, 1.82) is 0 Å². The third-order valence-corrected chi connectivity index (χ3v) is 4.06. The summed E-state index contributed by atoms with van der Waals surface area (Å²) < 4.78 is 7.23. The van der Waals surface area contributed by atoms with Crippen LogP contribution in [0, 0.1) is 0 Å². The first-order valence-corrected chi connectivity index (χ1v) is 9.03. The molecular weight excluding hydrogens is 483 g/mol. The molecule has 0 aliphatic carbocycles. The number of furan rings is 1. The number of nitrogens with one attached hydrogen (secondary N) is 1. The maximum atomic E-state index is 11.1. The Hall–Kier alpha value is -2.82. The molecule has 0 aliphatic heterocycles. The van der Waals surface area contributed by atoms with Crippen LogP contribution >= 0.6 is 24.0 Å². The van der Waals surface area contributed by atoms with Gasteiger partial charge in [-0.3, -0.25) is 4.79 Å². The first-order chi connectivity index (χ1) is 13.6. The van der Waals surface area contributed by atoms with E-state index in [9.17, 15) is 4.79 Å². The quantitative estimate of drug-likeness (QED) is 0.291. The lowest BCUT2D eigenvalue weighted by Crippen LogP contribution is -2.38. The number of benzene rings is 1. The summed E-state index contributed by atoms with van der Waals surface area (Å²) in [5.41, 5.74) is 7.29. The lowest BCUT2D eigenvalue weighted by atomic mass is 10.3. The van der Waals surface area contributed by atoms with Crippen molar-refractivity contribution in [2.45, 2.75) is 20.0 Å². The smallest absolute Gasteiger partial charge is 0.284 e. The van der Waals surface area contributed by atoms with Gasteiger partial charge in [-0.1, -0.05) is 18.2 Å². The van der Waals surface area contributed by atoms with Crippen LogP contribution in [0.2, 0.25) is 0 Å². The predicted molar refractivity (Wildman–Crippen MR) is 122 cm³/mol. The summed E-state index contributed by atoms with van der Waals surface area (Å²) in [7, 11) is 1.96. The highest BCUT2D eigenvalue weighted by Crippen LogP contribution is 2.11. The Morgan fingerprint density at radius 3 is 2.69 bits per heavy atom. The van der Waals surface area contributed by atoms with Crippen LogP contribution < -0.4 is 11.1 Å². The maximum Gasteiger partial charge on any atom is 0.284 e. The van der Waals surface area contributed by atoms with E-state index in [1.165, 1.54) is 0 Å². The average Bonchev–Trinajstić information content (AvgIpc) is 3.35. The summed E-state index contributed by atoms with van der Waals surface area (Å²) in [5, 5.41) is 7.68. The van der Waals surface area contributed by atoms with Crippen LogP contribution in [-0.4, -0.2) is 40.1 Å². The predicted octanol–water partition coefficient (Wildman–Crippen LogP) is 2.78. The number of aliphatic imine (C=N–C) groups is 1. The number of carbonyl (C=O) groups excluding carboxylic acids is 1. The lowest BCUT2D eigenvalue weighted by Gasteiger charge is -2.21.